The summed E-state index contributed by atoms with van der Waals surface area (Å²) in [7, 11) is -2.63. The number of aryl methyl sites for hydroxylation is 3. The number of carbonyl (C=O) groups is 1. The molecule has 5 nitrogen and oxygen atoms in total. The molecule has 2 aromatic rings. The van der Waals surface area contributed by atoms with Gasteiger partial charge in [0.05, 0.1) is 22.6 Å². The van der Waals surface area contributed by atoms with E-state index in [9.17, 15) is 13.2 Å². The predicted octanol–water partition coefficient (Wildman–Crippen LogP) is 4.09. The Hall–Kier alpha value is -1.89. The molecule has 0 aliphatic carbocycles. The topological polar surface area (TPSA) is 72.5 Å². The summed E-state index contributed by atoms with van der Waals surface area (Å²) in [6, 6.07) is 7.53. The molecule has 140 valence electrons. The van der Waals surface area contributed by atoms with Gasteiger partial charge in [-0.25, -0.2) is 17.9 Å². The first-order chi connectivity index (χ1) is 12.1. The first kappa shape index (κ1) is 20.4. The fourth-order valence-corrected chi connectivity index (χ4v) is 4.19. The molecule has 0 saturated heterocycles. The normalized spacial score (nSPS) is 12.7. The number of nitrogens with one attached hydrogen (secondary N) is 1. The van der Waals surface area contributed by atoms with Gasteiger partial charge >= 0.3 is 5.97 Å². The average molecular weight is 396 g/mol. The molecule has 1 N–H and O–H groups in total. The number of hydrogen-bond donors (Lipinski definition) is 1. The zero-order valence-corrected chi connectivity index (χ0v) is 17.0. The van der Waals surface area contributed by atoms with Crippen LogP contribution < -0.4 is 4.72 Å². The number of benzene rings is 2. The molecule has 0 amide bonds. The number of rotatable bonds is 5. The van der Waals surface area contributed by atoms with Gasteiger partial charge in [0.1, 0.15) is 0 Å². The van der Waals surface area contributed by atoms with Crippen molar-refractivity contribution in [1.29, 1.82) is 0 Å². The summed E-state index contributed by atoms with van der Waals surface area (Å²) in [5.74, 6) is -0.690. The Morgan fingerprint density at radius 1 is 1.08 bits per heavy atom. The summed E-state index contributed by atoms with van der Waals surface area (Å²) in [5, 5.41) is 0.133. The van der Waals surface area contributed by atoms with Gasteiger partial charge in [0.25, 0.3) is 0 Å². The van der Waals surface area contributed by atoms with E-state index < -0.39 is 22.0 Å². The smallest absolute Gasteiger partial charge is 0.339 e. The van der Waals surface area contributed by atoms with Crippen molar-refractivity contribution in [3.05, 3.63) is 63.2 Å². The SMILES string of the molecule is COC(=O)c1cc(S(=O)(=O)N[C@H](C)c2cc(C)c(C)cc2C)ccc1Cl. The van der Waals surface area contributed by atoms with Gasteiger partial charge in [0.15, 0.2) is 0 Å². The van der Waals surface area contributed by atoms with Crippen LogP contribution in [0.25, 0.3) is 0 Å². The van der Waals surface area contributed by atoms with Gasteiger partial charge in [-0.05, 0) is 68.1 Å². The fourth-order valence-electron chi connectivity index (χ4n) is 2.75. The highest BCUT2D eigenvalue weighted by Gasteiger charge is 2.22. The Morgan fingerprint density at radius 3 is 2.31 bits per heavy atom. The van der Waals surface area contributed by atoms with Crippen LogP contribution in [0.5, 0.6) is 0 Å². The maximum atomic E-state index is 12.7. The van der Waals surface area contributed by atoms with Gasteiger partial charge in [-0.1, -0.05) is 23.7 Å². The van der Waals surface area contributed by atoms with Crippen molar-refractivity contribution >= 4 is 27.6 Å². The van der Waals surface area contributed by atoms with Gasteiger partial charge < -0.3 is 4.74 Å². The first-order valence-electron chi connectivity index (χ1n) is 8.04. The summed E-state index contributed by atoms with van der Waals surface area (Å²) >= 11 is 5.96. The second-order valence-electron chi connectivity index (χ2n) is 6.27. The van der Waals surface area contributed by atoms with E-state index in [1.165, 1.54) is 25.3 Å². The number of ether oxygens (including phenoxy) is 1. The number of esters is 1. The van der Waals surface area contributed by atoms with E-state index in [2.05, 4.69) is 9.46 Å². The van der Waals surface area contributed by atoms with Gasteiger partial charge in [-0.15, -0.1) is 0 Å². The van der Waals surface area contributed by atoms with E-state index in [1.54, 1.807) is 6.92 Å². The van der Waals surface area contributed by atoms with Crippen molar-refractivity contribution < 1.29 is 17.9 Å². The van der Waals surface area contributed by atoms with Crippen LogP contribution in [0.3, 0.4) is 0 Å². The Bertz CT molecular complexity index is 954. The van der Waals surface area contributed by atoms with E-state index in [-0.39, 0.29) is 15.5 Å². The third-order valence-electron chi connectivity index (χ3n) is 4.33. The molecule has 1 atom stereocenters. The molecule has 7 heteroatoms. The van der Waals surface area contributed by atoms with Gasteiger partial charge in [-0.3, -0.25) is 0 Å². The van der Waals surface area contributed by atoms with Gasteiger partial charge in [0.2, 0.25) is 10.0 Å². The van der Waals surface area contributed by atoms with E-state index in [1.807, 2.05) is 32.9 Å². The Kier molecular flexibility index (Phi) is 6.11. The van der Waals surface area contributed by atoms with Crippen LogP contribution in [0.15, 0.2) is 35.2 Å². The zero-order valence-electron chi connectivity index (χ0n) is 15.4. The van der Waals surface area contributed by atoms with Crippen LogP contribution in [0, 0.1) is 20.8 Å². The molecule has 0 aliphatic rings. The Labute approximate surface area is 159 Å². The summed E-state index contributed by atoms with van der Waals surface area (Å²) in [5.41, 5.74) is 4.17. The van der Waals surface area contributed by atoms with Crippen LogP contribution in [-0.2, 0) is 14.8 Å². The van der Waals surface area contributed by atoms with Gasteiger partial charge in [-0.2, -0.15) is 0 Å². The third kappa shape index (κ3) is 4.26. The standard InChI is InChI=1S/C19H22ClNO4S/c1-11-8-13(3)16(9-12(11)2)14(4)21-26(23,24)15-6-7-18(20)17(10-15)19(22)25-5/h6-10,14,21H,1-5H3/t14-/m1/s1. The predicted molar refractivity (Wildman–Crippen MR) is 102 cm³/mol. The molecule has 0 spiro atoms. The molecule has 0 unspecified atom stereocenters. The third-order valence-corrected chi connectivity index (χ3v) is 6.20. The summed E-state index contributed by atoms with van der Waals surface area (Å²) in [6.45, 7) is 7.74. The summed E-state index contributed by atoms with van der Waals surface area (Å²) < 4.78 is 32.8. The minimum absolute atomic E-state index is 0.00653. The molecule has 0 saturated carbocycles. The molecule has 2 rings (SSSR count). The number of sulfonamides is 1. The van der Waals surface area contributed by atoms with Crippen molar-refractivity contribution in [2.24, 2.45) is 0 Å². The van der Waals surface area contributed by atoms with Crippen molar-refractivity contribution in [3.8, 4) is 0 Å². The Balaban J connectivity index is 2.37. The highest BCUT2D eigenvalue weighted by molar-refractivity contribution is 7.89. The van der Waals surface area contributed by atoms with Crippen molar-refractivity contribution in [3.63, 3.8) is 0 Å². The minimum atomic E-state index is -3.84. The zero-order chi connectivity index (χ0) is 19.6. The summed E-state index contributed by atoms with van der Waals surface area (Å²) in [6.07, 6.45) is 0. The fraction of sp³-hybridized carbons (Fsp3) is 0.316. The monoisotopic (exact) mass is 395 g/mol. The molecule has 0 radical (unpaired) electrons. The lowest BCUT2D eigenvalue weighted by atomic mass is 9.97. The lowest BCUT2D eigenvalue weighted by molar-refractivity contribution is 0.0600. The summed E-state index contributed by atoms with van der Waals surface area (Å²) in [4.78, 5) is 11.7. The molecule has 0 heterocycles. The molecule has 0 fully saturated rings. The molecule has 26 heavy (non-hydrogen) atoms. The van der Waals surface area contributed by atoms with E-state index in [0.717, 1.165) is 22.3 Å². The van der Waals surface area contributed by atoms with Crippen LogP contribution in [0.4, 0.5) is 0 Å². The van der Waals surface area contributed by atoms with Crippen LogP contribution in [0.1, 0.15) is 45.6 Å². The molecular weight excluding hydrogens is 374 g/mol. The van der Waals surface area contributed by atoms with E-state index in [4.69, 9.17) is 11.6 Å². The molecule has 0 aromatic heterocycles. The van der Waals surface area contributed by atoms with Crippen LogP contribution in [0.2, 0.25) is 5.02 Å². The number of halogens is 1. The molecular formula is C19H22ClNO4S. The molecule has 0 bridgehead atoms. The number of methoxy groups -OCH3 is 1. The second kappa shape index (κ2) is 7.78. The lowest BCUT2D eigenvalue weighted by Gasteiger charge is -2.19. The second-order valence-corrected chi connectivity index (χ2v) is 8.39. The van der Waals surface area contributed by atoms with Gasteiger partial charge in [0, 0.05) is 6.04 Å². The van der Waals surface area contributed by atoms with Crippen molar-refractivity contribution in [2.75, 3.05) is 7.11 Å². The van der Waals surface area contributed by atoms with Crippen molar-refractivity contribution in [2.45, 2.75) is 38.6 Å². The highest BCUT2D eigenvalue weighted by Crippen LogP contribution is 2.25. The van der Waals surface area contributed by atoms with Crippen molar-refractivity contribution in [1.82, 2.24) is 4.72 Å². The first-order valence-corrected chi connectivity index (χ1v) is 9.91. The lowest BCUT2D eigenvalue weighted by Crippen LogP contribution is -2.27. The highest BCUT2D eigenvalue weighted by atomic mass is 35.5. The molecule has 2 aromatic carbocycles. The van der Waals surface area contributed by atoms with E-state index in [0.29, 0.717) is 0 Å². The average Bonchev–Trinajstić information content (AvgIpc) is 2.57. The number of carbonyl (C=O) groups excluding carboxylic acids is 1. The van der Waals surface area contributed by atoms with Crippen LogP contribution in [-0.4, -0.2) is 21.5 Å². The Morgan fingerprint density at radius 2 is 1.69 bits per heavy atom. The quantitative estimate of drug-likeness (QED) is 0.774. The maximum absolute atomic E-state index is 12.7. The van der Waals surface area contributed by atoms with E-state index >= 15 is 0 Å². The maximum Gasteiger partial charge on any atom is 0.339 e. The molecule has 0 aliphatic heterocycles. The largest absolute Gasteiger partial charge is 0.465 e. The minimum Gasteiger partial charge on any atom is -0.465 e. The van der Waals surface area contributed by atoms with Crippen LogP contribution >= 0.6 is 11.6 Å². The number of hydrogen-bond acceptors (Lipinski definition) is 4.